The highest BCUT2D eigenvalue weighted by atomic mass is 16.6. The van der Waals surface area contributed by atoms with Crippen LogP contribution in [-0.4, -0.2) is 41.0 Å². The predicted octanol–water partition coefficient (Wildman–Crippen LogP) is 4.55. The van der Waals surface area contributed by atoms with Crippen molar-refractivity contribution < 1.29 is 24.0 Å². The van der Waals surface area contributed by atoms with Gasteiger partial charge < -0.3 is 20.7 Å². The number of hydrogen-bond acceptors (Lipinski definition) is 6. The molecule has 184 valence electrons. The first-order valence-electron chi connectivity index (χ1n) is 11.1. The maximum absolute atomic E-state index is 12.7. The van der Waals surface area contributed by atoms with Crippen LogP contribution in [-0.2, 0) is 9.53 Å². The molecule has 2 aromatic carbocycles. The number of esters is 1. The normalized spacial score (nSPS) is 15.3. The molecule has 1 atom stereocenters. The average molecular weight is 482 g/mol. The molecular formula is C24H27N5O6. The highest BCUT2D eigenvalue weighted by Crippen LogP contribution is 2.32. The Kier molecular flexibility index (Phi) is 8.03. The van der Waals surface area contributed by atoms with Gasteiger partial charge in [-0.2, -0.15) is 0 Å². The first-order chi connectivity index (χ1) is 16.7. The number of ether oxygens (including phenoxy) is 1. The monoisotopic (exact) mass is 481 g/mol. The molecule has 0 aliphatic carbocycles. The number of anilines is 2. The fourth-order valence-electron chi connectivity index (χ4n) is 3.72. The van der Waals surface area contributed by atoms with Gasteiger partial charge in [0.2, 0.25) is 0 Å². The summed E-state index contributed by atoms with van der Waals surface area (Å²) < 4.78 is 5.24. The molecular weight excluding hydrogens is 454 g/mol. The molecule has 11 nitrogen and oxygen atoms in total. The van der Waals surface area contributed by atoms with E-state index < -0.39 is 23.0 Å². The van der Waals surface area contributed by atoms with Crippen LogP contribution in [0.25, 0.3) is 0 Å². The Morgan fingerprint density at radius 2 is 1.63 bits per heavy atom. The molecule has 0 saturated heterocycles. The first kappa shape index (κ1) is 25.2. The molecule has 1 heterocycles. The van der Waals surface area contributed by atoms with Crippen molar-refractivity contribution in [2.75, 3.05) is 23.8 Å². The third-order valence-corrected chi connectivity index (χ3v) is 5.38. The number of nitrogens with zero attached hydrogens (tertiary/aromatic N) is 2. The number of benzene rings is 2. The number of nitrogens with one attached hydrogen (secondary N) is 3. The van der Waals surface area contributed by atoms with Gasteiger partial charge in [0.25, 0.3) is 5.69 Å². The third kappa shape index (κ3) is 5.94. The van der Waals surface area contributed by atoms with Gasteiger partial charge in [0.1, 0.15) is 0 Å². The lowest BCUT2D eigenvalue weighted by Gasteiger charge is -2.35. The summed E-state index contributed by atoms with van der Waals surface area (Å²) in [7, 11) is 0. The van der Waals surface area contributed by atoms with Crippen LogP contribution in [0.5, 0.6) is 0 Å². The maximum Gasteiger partial charge on any atom is 0.338 e. The second-order valence-corrected chi connectivity index (χ2v) is 7.76. The van der Waals surface area contributed by atoms with E-state index in [4.69, 9.17) is 4.74 Å². The molecule has 11 heteroatoms. The van der Waals surface area contributed by atoms with Crippen LogP contribution in [0.2, 0.25) is 0 Å². The summed E-state index contributed by atoms with van der Waals surface area (Å²) in [5, 5.41) is 18.9. The van der Waals surface area contributed by atoms with E-state index in [2.05, 4.69) is 16.0 Å². The van der Waals surface area contributed by atoms with Gasteiger partial charge in [0, 0.05) is 35.7 Å². The zero-order valence-corrected chi connectivity index (χ0v) is 19.7. The quantitative estimate of drug-likeness (QED) is 0.287. The molecule has 4 amide bonds. The largest absolute Gasteiger partial charge is 0.463 e. The zero-order chi connectivity index (χ0) is 25.5. The van der Waals surface area contributed by atoms with Crippen molar-refractivity contribution in [3.05, 3.63) is 75.5 Å². The summed E-state index contributed by atoms with van der Waals surface area (Å²) in [4.78, 5) is 49.5. The van der Waals surface area contributed by atoms with Crippen molar-refractivity contribution in [2.45, 2.75) is 33.2 Å². The predicted molar refractivity (Wildman–Crippen MR) is 130 cm³/mol. The number of nitro groups is 1. The summed E-state index contributed by atoms with van der Waals surface area (Å²) in [6, 6.07) is 10.6. The number of non-ortho nitro benzene ring substituents is 1. The summed E-state index contributed by atoms with van der Waals surface area (Å²) in [5.74, 6) is -0.499. The first-order valence-corrected chi connectivity index (χ1v) is 11.1. The van der Waals surface area contributed by atoms with E-state index in [-0.39, 0.29) is 18.3 Å². The Morgan fingerprint density at radius 3 is 2.14 bits per heavy atom. The van der Waals surface area contributed by atoms with Crippen LogP contribution in [0.4, 0.5) is 26.7 Å². The van der Waals surface area contributed by atoms with Gasteiger partial charge in [-0.25, -0.2) is 14.4 Å². The molecule has 3 rings (SSSR count). The van der Waals surface area contributed by atoms with Crippen LogP contribution in [0.1, 0.15) is 38.8 Å². The number of hydrogen-bond donors (Lipinski definition) is 3. The summed E-state index contributed by atoms with van der Waals surface area (Å²) in [6.07, 6.45) is 0.730. The van der Waals surface area contributed by atoms with Gasteiger partial charge in [-0.05, 0) is 50.1 Å². The molecule has 2 aromatic rings. The standard InChI is InChI=1S/C24H27N5O6/c1-4-14-28-15(3)20(22(30)35-5-2)21(27-24(28)32)16-6-8-17(9-7-16)25-23(31)26-18-10-12-19(13-11-18)29(33)34/h6-13,21H,4-5,14H2,1-3H3,(H,27,32)(H2,25,26,31). The molecule has 0 bridgehead atoms. The second-order valence-electron chi connectivity index (χ2n) is 7.76. The van der Waals surface area contributed by atoms with Crippen LogP contribution < -0.4 is 16.0 Å². The van der Waals surface area contributed by atoms with Gasteiger partial charge in [0.05, 0.1) is 23.1 Å². The molecule has 3 N–H and O–H groups in total. The van der Waals surface area contributed by atoms with E-state index in [1.165, 1.54) is 29.2 Å². The van der Waals surface area contributed by atoms with E-state index in [0.29, 0.717) is 34.8 Å². The maximum atomic E-state index is 12.7. The Bertz CT molecular complexity index is 1140. The number of carbonyl (C=O) groups excluding carboxylic acids is 3. The van der Waals surface area contributed by atoms with Crippen molar-refractivity contribution >= 4 is 35.1 Å². The van der Waals surface area contributed by atoms with Gasteiger partial charge in [-0.3, -0.25) is 15.0 Å². The lowest BCUT2D eigenvalue weighted by molar-refractivity contribution is -0.384. The van der Waals surface area contributed by atoms with Crippen LogP contribution in [0.15, 0.2) is 59.8 Å². The van der Waals surface area contributed by atoms with Crippen molar-refractivity contribution in [2.24, 2.45) is 0 Å². The van der Waals surface area contributed by atoms with Gasteiger partial charge in [-0.15, -0.1) is 0 Å². The molecule has 0 saturated carbocycles. The number of urea groups is 2. The lowest BCUT2D eigenvalue weighted by Crippen LogP contribution is -2.48. The van der Waals surface area contributed by atoms with E-state index in [1.54, 1.807) is 38.1 Å². The van der Waals surface area contributed by atoms with Crippen molar-refractivity contribution in [1.82, 2.24) is 10.2 Å². The minimum absolute atomic E-state index is 0.0781. The molecule has 1 aliphatic rings. The Labute approximate surface area is 202 Å². The zero-order valence-electron chi connectivity index (χ0n) is 19.7. The van der Waals surface area contributed by atoms with Crippen LogP contribution in [0.3, 0.4) is 0 Å². The van der Waals surface area contributed by atoms with Crippen LogP contribution >= 0.6 is 0 Å². The Hall–Kier alpha value is -4.41. The summed E-state index contributed by atoms with van der Waals surface area (Å²) in [5.41, 5.74) is 2.34. The van der Waals surface area contributed by atoms with Gasteiger partial charge in [-0.1, -0.05) is 19.1 Å². The summed E-state index contributed by atoms with van der Waals surface area (Å²) >= 11 is 0. The number of allylic oxidation sites excluding steroid dienone is 1. The number of carbonyl (C=O) groups is 3. The Balaban J connectivity index is 1.75. The van der Waals surface area contributed by atoms with Gasteiger partial charge >= 0.3 is 18.0 Å². The van der Waals surface area contributed by atoms with Crippen molar-refractivity contribution in [3.63, 3.8) is 0 Å². The van der Waals surface area contributed by atoms with Crippen molar-refractivity contribution in [3.8, 4) is 0 Å². The third-order valence-electron chi connectivity index (χ3n) is 5.38. The lowest BCUT2D eigenvalue weighted by atomic mass is 9.94. The average Bonchev–Trinajstić information content (AvgIpc) is 2.82. The highest BCUT2D eigenvalue weighted by Gasteiger charge is 2.36. The van der Waals surface area contributed by atoms with Crippen LogP contribution in [0, 0.1) is 10.1 Å². The molecule has 1 unspecified atom stereocenters. The van der Waals surface area contributed by atoms with E-state index in [9.17, 15) is 24.5 Å². The molecule has 1 aliphatic heterocycles. The molecule has 0 aromatic heterocycles. The molecule has 35 heavy (non-hydrogen) atoms. The summed E-state index contributed by atoms with van der Waals surface area (Å²) in [6.45, 7) is 6.07. The number of nitro benzene ring substituents is 1. The molecule has 0 fully saturated rings. The number of rotatable bonds is 8. The number of amides is 4. The second kappa shape index (κ2) is 11.1. The van der Waals surface area contributed by atoms with Gasteiger partial charge in [0.15, 0.2) is 0 Å². The fraction of sp³-hybridized carbons (Fsp3) is 0.292. The SMILES string of the molecule is CCCN1C(=O)NC(c2ccc(NC(=O)Nc3ccc([N+](=O)[O-])cc3)cc2)C(C(=O)OCC)=C1C. The fourth-order valence-corrected chi connectivity index (χ4v) is 3.72. The minimum Gasteiger partial charge on any atom is -0.463 e. The van der Waals surface area contributed by atoms with E-state index in [0.717, 1.165) is 6.42 Å². The minimum atomic E-state index is -0.697. The molecule has 0 radical (unpaired) electrons. The van der Waals surface area contributed by atoms with E-state index >= 15 is 0 Å². The highest BCUT2D eigenvalue weighted by molar-refractivity contribution is 6.00. The molecule has 0 spiro atoms. The Morgan fingerprint density at radius 1 is 1.06 bits per heavy atom. The smallest absolute Gasteiger partial charge is 0.338 e. The topological polar surface area (TPSA) is 143 Å². The van der Waals surface area contributed by atoms with Crippen molar-refractivity contribution in [1.29, 1.82) is 0 Å². The van der Waals surface area contributed by atoms with E-state index in [1.807, 2.05) is 6.92 Å².